The first-order valence-corrected chi connectivity index (χ1v) is 12.2. The van der Waals surface area contributed by atoms with Gasteiger partial charge in [0.05, 0.1) is 13.0 Å². The zero-order valence-corrected chi connectivity index (χ0v) is 19.5. The molecule has 1 atom stereocenters. The first-order chi connectivity index (χ1) is 16.2. The Kier molecular flexibility index (Phi) is 7.68. The van der Waals surface area contributed by atoms with E-state index in [0.29, 0.717) is 36.0 Å². The van der Waals surface area contributed by atoms with Crippen LogP contribution in [0.25, 0.3) is 0 Å². The topological polar surface area (TPSA) is 49.9 Å². The van der Waals surface area contributed by atoms with E-state index < -0.39 is 6.04 Å². The van der Waals surface area contributed by atoms with E-state index in [1.165, 1.54) is 5.56 Å². The number of amides is 2. The fourth-order valence-electron chi connectivity index (χ4n) is 3.94. The van der Waals surface area contributed by atoms with Gasteiger partial charge in [0.2, 0.25) is 5.91 Å². The lowest BCUT2D eigenvalue weighted by molar-refractivity contribution is -0.135. The Labute approximate surface area is 199 Å². The summed E-state index contributed by atoms with van der Waals surface area (Å²) in [6, 6.07) is 26.8. The van der Waals surface area contributed by atoms with Gasteiger partial charge in [-0.15, -0.1) is 11.8 Å². The summed E-state index contributed by atoms with van der Waals surface area (Å²) in [5.74, 6) is 1.70. The van der Waals surface area contributed by atoms with Gasteiger partial charge < -0.3 is 14.5 Å². The lowest BCUT2D eigenvalue weighted by Gasteiger charge is -2.30. The van der Waals surface area contributed by atoms with Crippen LogP contribution in [0.5, 0.6) is 5.75 Å². The standard InChI is InChI=1S/C27H28N2O3S/c1-32-24-14-12-23(13-15-24)26(30)29-20-33-19-25(29)27(31)28(18-22-10-6-3-7-11-22)17-16-21-8-4-2-5-9-21/h2-15,25H,16-20H2,1H3. The predicted molar refractivity (Wildman–Crippen MR) is 132 cm³/mol. The molecule has 1 unspecified atom stereocenters. The van der Waals surface area contributed by atoms with Crippen molar-refractivity contribution in [3.05, 3.63) is 102 Å². The van der Waals surface area contributed by atoms with E-state index in [4.69, 9.17) is 4.74 Å². The van der Waals surface area contributed by atoms with Crippen LogP contribution in [0.2, 0.25) is 0 Å². The average Bonchev–Trinajstić information content (AvgIpc) is 3.37. The number of nitrogens with zero attached hydrogens (tertiary/aromatic N) is 2. The molecule has 0 saturated carbocycles. The van der Waals surface area contributed by atoms with Crippen molar-refractivity contribution < 1.29 is 14.3 Å². The molecule has 170 valence electrons. The van der Waals surface area contributed by atoms with Gasteiger partial charge in [-0.25, -0.2) is 0 Å². The molecule has 1 aliphatic rings. The summed E-state index contributed by atoms with van der Waals surface area (Å²) in [4.78, 5) is 30.5. The lowest BCUT2D eigenvalue weighted by atomic mass is 10.1. The van der Waals surface area contributed by atoms with Gasteiger partial charge in [0, 0.05) is 24.4 Å². The molecule has 1 heterocycles. The third-order valence-electron chi connectivity index (χ3n) is 5.81. The van der Waals surface area contributed by atoms with Crippen LogP contribution in [0.1, 0.15) is 21.5 Å². The number of hydrogen-bond acceptors (Lipinski definition) is 4. The Bertz CT molecular complexity index is 1060. The molecule has 0 bridgehead atoms. The van der Waals surface area contributed by atoms with E-state index in [1.807, 2.05) is 53.4 Å². The number of ether oxygens (including phenoxy) is 1. The molecule has 33 heavy (non-hydrogen) atoms. The lowest BCUT2D eigenvalue weighted by Crippen LogP contribution is -2.49. The summed E-state index contributed by atoms with van der Waals surface area (Å²) in [6.07, 6.45) is 0.770. The Balaban J connectivity index is 1.52. The first-order valence-electron chi connectivity index (χ1n) is 11.0. The van der Waals surface area contributed by atoms with Crippen molar-refractivity contribution >= 4 is 23.6 Å². The summed E-state index contributed by atoms with van der Waals surface area (Å²) in [6.45, 7) is 1.13. The minimum absolute atomic E-state index is 0.00152. The van der Waals surface area contributed by atoms with Crippen LogP contribution in [0.4, 0.5) is 0 Å². The average molecular weight is 461 g/mol. The molecule has 6 heteroatoms. The van der Waals surface area contributed by atoms with Crippen molar-refractivity contribution in [1.82, 2.24) is 9.80 Å². The van der Waals surface area contributed by atoms with E-state index >= 15 is 0 Å². The van der Waals surface area contributed by atoms with Crippen molar-refractivity contribution in [2.24, 2.45) is 0 Å². The molecule has 0 radical (unpaired) electrons. The van der Waals surface area contributed by atoms with Gasteiger partial charge in [-0.2, -0.15) is 0 Å². The molecule has 3 aromatic rings. The van der Waals surface area contributed by atoms with Gasteiger partial charge in [-0.3, -0.25) is 9.59 Å². The van der Waals surface area contributed by atoms with E-state index in [1.54, 1.807) is 48.0 Å². The SMILES string of the molecule is COc1ccc(C(=O)N2CSCC2C(=O)N(CCc2ccccc2)Cc2ccccc2)cc1. The number of carbonyl (C=O) groups excluding carboxylic acids is 2. The Morgan fingerprint density at radius 1 is 0.939 bits per heavy atom. The Morgan fingerprint density at radius 2 is 1.58 bits per heavy atom. The van der Waals surface area contributed by atoms with Gasteiger partial charge in [-0.05, 0) is 41.8 Å². The molecular formula is C27H28N2O3S. The second-order valence-corrected chi connectivity index (χ2v) is 9.00. The molecule has 1 fully saturated rings. The maximum atomic E-state index is 13.7. The quantitative estimate of drug-likeness (QED) is 0.497. The van der Waals surface area contributed by atoms with E-state index in [0.717, 1.165) is 12.0 Å². The monoisotopic (exact) mass is 460 g/mol. The highest BCUT2D eigenvalue weighted by Crippen LogP contribution is 2.26. The third kappa shape index (κ3) is 5.76. The highest BCUT2D eigenvalue weighted by Gasteiger charge is 2.37. The second-order valence-electron chi connectivity index (χ2n) is 8.00. The molecule has 4 rings (SSSR count). The van der Waals surface area contributed by atoms with E-state index in [9.17, 15) is 9.59 Å². The number of thioether (sulfide) groups is 1. The van der Waals surface area contributed by atoms with Crippen LogP contribution in [0.3, 0.4) is 0 Å². The van der Waals surface area contributed by atoms with Gasteiger partial charge in [-0.1, -0.05) is 60.7 Å². The highest BCUT2D eigenvalue weighted by molar-refractivity contribution is 7.99. The van der Waals surface area contributed by atoms with Crippen LogP contribution < -0.4 is 4.74 Å². The summed E-state index contributed by atoms with van der Waals surface area (Å²) >= 11 is 1.62. The van der Waals surface area contributed by atoms with Crippen LogP contribution in [0.15, 0.2) is 84.9 Å². The van der Waals surface area contributed by atoms with Crippen molar-refractivity contribution in [3.63, 3.8) is 0 Å². The van der Waals surface area contributed by atoms with Crippen molar-refractivity contribution in [3.8, 4) is 5.75 Å². The summed E-state index contributed by atoms with van der Waals surface area (Å²) < 4.78 is 5.20. The van der Waals surface area contributed by atoms with Crippen LogP contribution in [0, 0.1) is 0 Å². The Hall–Kier alpha value is -3.25. The van der Waals surface area contributed by atoms with Gasteiger partial charge in [0.1, 0.15) is 11.8 Å². The fourth-order valence-corrected chi connectivity index (χ4v) is 5.08. The molecular weight excluding hydrogens is 432 g/mol. The molecule has 0 spiro atoms. The van der Waals surface area contributed by atoms with E-state index in [2.05, 4.69) is 12.1 Å². The van der Waals surface area contributed by atoms with Gasteiger partial charge in [0.15, 0.2) is 0 Å². The number of methoxy groups -OCH3 is 1. The molecule has 5 nitrogen and oxygen atoms in total. The molecule has 0 N–H and O–H groups in total. The second kappa shape index (κ2) is 11.1. The number of hydrogen-bond donors (Lipinski definition) is 0. The third-order valence-corrected chi connectivity index (χ3v) is 6.82. The smallest absolute Gasteiger partial charge is 0.255 e. The van der Waals surface area contributed by atoms with E-state index in [-0.39, 0.29) is 11.8 Å². The summed E-state index contributed by atoms with van der Waals surface area (Å²) in [5, 5.41) is 0. The van der Waals surface area contributed by atoms with Crippen molar-refractivity contribution in [2.75, 3.05) is 25.3 Å². The highest BCUT2D eigenvalue weighted by atomic mass is 32.2. The predicted octanol–water partition coefficient (Wildman–Crippen LogP) is 4.48. The fraction of sp³-hybridized carbons (Fsp3) is 0.259. The van der Waals surface area contributed by atoms with Crippen molar-refractivity contribution in [2.45, 2.75) is 19.0 Å². The maximum absolute atomic E-state index is 13.7. The summed E-state index contributed by atoms with van der Waals surface area (Å²) in [5.41, 5.74) is 2.84. The Morgan fingerprint density at radius 3 is 2.21 bits per heavy atom. The maximum Gasteiger partial charge on any atom is 0.255 e. The number of rotatable bonds is 8. The normalized spacial score (nSPS) is 15.3. The summed E-state index contributed by atoms with van der Waals surface area (Å²) in [7, 11) is 1.60. The van der Waals surface area contributed by atoms with Gasteiger partial charge in [0.25, 0.3) is 5.91 Å². The minimum atomic E-state index is -0.468. The molecule has 2 amide bonds. The molecule has 1 saturated heterocycles. The molecule has 0 aliphatic carbocycles. The number of benzene rings is 3. The van der Waals surface area contributed by atoms with Crippen LogP contribution in [-0.4, -0.2) is 52.9 Å². The first kappa shape index (κ1) is 22.9. The zero-order chi connectivity index (χ0) is 23.0. The van der Waals surface area contributed by atoms with Gasteiger partial charge >= 0.3 is 0 Å². The molecule has 3 aromatic carbocycles. The molecule has 0 aromatic heterocycles. The zero-order valence-electron chi connectivity index (χ0n) is 18.7. The minimum Gasteiger partial charge on any atom is -0.497 e. The van der Waals surface area contributed by atoms with Crippen molar-refractivity contribution in [1.29, 1.82) is 0 Å². The molecule has 1 aliphatic heterocycles. The number of carbonyl (C=O) groups is 2. The largest absolute Gasteiger partial charge is 0.497 e. The van der Waals surface area contributed by atoms with Crippen LogP contribution >= 0.6 is 11.8 Å². The van der Waals surface area contributed by atoms with Crippen LogP contribution in [-0.2, 0) is 17.8 Å².